The predicted octanol–water partition coefficient (Wildman–Crippen LogP) is 2.89. The zero-order valence-electron chi connectivity index (χ0n) is 15.6. The number of nitrogens with zero attached hydrogens (tertiary/aromatic N) is 4. The molecule has 150 valence electrons. The predicted molar refractivity (Wildman–Crippen MR) is 110 cm³/mol. The van der Waals surface area contributed by atoms with Crippen LogP contribution in [0.3, 0.4) is 0 Å². The van der Waals surface area contributed by atoms with Gasteiger partial charge in [0.15, 0.2) is 22.9 Å². The summed E-state index contributed by atoms with van der Waals surface area (Å²) in [6.45, 7) is 0.759. The van der Waals surface area contributed by atoms with Gasteiger partial charge in [0.1, 0.15) is 24.9 Å². The molecule has 4 aromatic rings. The highest BCUT2D eigenvalue weighted by Gasteiger charge is 2.17. The van der Waals surface area contributed by atoms with Crippen LogP contribution in [0.1, 0.15) is 10.4 Å². The Hall–Kier alpha value is -3.65. The minimum absolute atomic E-state index is 0.149. The first-order valence-corrected chi connectivity index (χ1v) is 9.60. The molecule has 9 heteroatoms. The Bertz CT molecular complexity index is 1340. The molecule has 0 amide bonds. The number of carbonyl (C=O) groups is 1. The summed E-state index contributed by atoms with van der Waals surface area (Å²) < 4.78 is 13.8. The quantitative estimate of drug-likeness (QED) is 0.470. The molecule has 30 heavy (non-hydrogen) atoms. The minimum Gasteiger partial charge on any atom is -0.486 e. The van der Waals surface area contributed by atoms with E-state index in [0.29, 0.717) is 52.0 Å². The highest BCUT2D eigenvalue weighted by atomic mass is 35.5. The first-order valence-electron chi connectivity index (χ1n) is 9.22. The summed E-state index contributed by atoms with van der Waals surface area (Å²) in [5.41, 5.74) is 1.17. The van der Waals surface area contributed by atoms with E-state index in [1.807, 2.05) is 6.07 Å². The van der Waals surface area contributed by atoms with Crippen molar-refractivity contribution in [1.29, 1.82) is 0 Å². The molecule has 0 fully saturated rings. The zero-order valence-corrected chi connectivity index (χ0v) is 16.4. The van der Waals surface area contributed by atoms with Crippen molar-refractivity contribution < 1.29 is 14.3 Å². The summed E-state index contributed by atoms with van der Waals surface area (Å²) in [6.07, 6.45) is 2.79. The average Bonchev–Trinajstić information content (AvgIpc) is 3.20. The second-order valence-corrected chi connectivity index (χ2v) is 7.17. The lowest BCUT2D eigenvalue weighted by Crippen LogP contribution is -2.25. The van der Waals surface area contributed by atoms with Crippen molar-refractivity contribution in [2.24, 2.45) is 0 Å². The number of rotatable bonds is 4. The number of aromatic nitrogens is 4. The van der Waals surface area contributed by atoms with E-state index >= 15 is 0 Å². The van der Waals surface area contributed by atoms with Gasteiger partial charge < -0.3 is 9.47 Å². The van der Waals surface area contributed by atoms with Crippen LogP contribution in [-0.2, 0) is 6.54 Å². The second-order valence-electron chi connectivity index (χ2n) is 6.73. The van der Waals surface area contributed by atoms with E-state index in [2.05, 4.69) is 10.1 Å². The molecule has 0 bridgehead atoms. The van der Waals surface area contributed by atoms with E-state index in [-0.39, 0.29) is 17.9 Å². The zero-order chi connectivity index (χ0) is 20.7. The van der Waals surface area contributed by atoms with Crippen molar-refractivity contribution in [3.63, 3.8) is 0 Å². The maximum absolute atomic E-state index is 12.9. The minimum atomic E-state index is -0.348. The van der Waals surface area contributed by atoms with Gasteiger partial charge in [0.25, 0.3) is 5.56 Å². The van der Waals surface area contributed by atoms with Gasteiger partial charge in [-0.1, -0.05) is 17.7 Å². The van der Waals surface area contributed by atoms with Crippen LogP contribution in [0.5, 0.6) is 11.5 Å². The third-order valence-electron chi connectivity index (χ3n) is 4.79. The van der Waals surface area contributed by atoms with Crippen LogP contribution in [0.4, 0.5) is 0 Å². The first-order chi connectivity index (χ1) is 14.6. The van der Waals surface area contributed by atoms with Gasteiger partial charge in [-0.15, -0.1) is 0 Å². The molecule has 3 heterocycles. The Balaban J connectivity index is 1.46. The van der Waals surface area contributed by atoms with Crippen LogP contribution in [-0.4, -0.2) is 38.3 Å². The highest BCUT2D eigenvalue weighted by molar-refractivity contribution is 6.30. The summed E-state index contributed by atoms with van der Waals surface area (Å²) in [5.74, 6) is 0.889. The molecule has 0 atom stereocenters. The number of carbonyl (C=O) groups excluding carboxylic acids is 1. The highest BCUT2D eigenvalue weighted by Crippen LogP contribution is 2.31. The van der Waals surface area contributed by atoms with E-state index in [1.165, 1.54) is 21.8 Å². The lowest BCUT2D eigenvalue weighted by molar-refractivity contribution is 0.0969. The number of hydrogen-bond acceptors (Lipinski definition) is 6. The van der Waals surface area contributed by atoms with Gasteiger partial charge >= 0.3 is 0 Å². The Morgan fingerprint density at radius 3 is 2.77 bits per heavy atom. The Kier molecular flexibility index (Phi) is 4.48. The smallest absolute Gasteiger partial charge is 0.264 e. The largest absolute Gasteiger partial charge is 0.486 e. The number of ether oxygens (including phenoxy) is 2. The monoisotopic (exact) mass is 422 g/mol. The van der Waals surface area contributed by atoms with Crippen molar-refractivity contribution in [3.8, 4) is 17.2 Å². The maximum atomic E-state index is 12.9. The third-order valence-corrected chi connectivity index (χ3v) is 5.02. The number of ketones is 1. The molecule has 0 saturated carbocycles. The van der Waals surface area contributed by atoms with Crippen molar-refractivity contribution in [1.82, 2.24) is 19.3 Å². The number of hydrogen-bond donors (Lipinski definition) is 0. The first kappa shape index (κ1) is 18.4. The van der Waals surface area contributed by atoms with Crippen LogP contribution >= 0.6 is 11.6 Å². The van der Waals surface area contributed by atoms with Gasteiger partial charge in [0.2, 0.25) is 0 Å². The van der Waals surface area contributed by atoms with Gasteiger partial charge in [0.05, 0.1) is 18.4 Å². The second kappa shape index (κ2) is 7.31. The van der Waals surface area contributed by atoms with Crippen molar-refractivity contribution in [2.45, 2.75) is 6.54 Å². The molecule has 0 saturated heterocycles. The molecule has 0 radical (unpaired) electrons. The van der Waals surface area contributed by atoms with E-state index in [0.717, 1.165) is 0 Å². The molecule has 8 nitrogen and oxygen atoms in total. The van der Waals surface area contributed by atoms with E-state index < -0.39 is 0 Å². The summed E-state index contributed by atoms with van der Waals surface area (Å²) in [4.78, 5) is 30.0. The molecule has 5 rings (SSSR count). The molecule has 0 spiro atoms. The Labute approximate surface area is 175 Å². The fourth-order valence-corrected chi connectivity index (χ4v) is 3.51. The molecule has 2 aromatic heterocycles. The number of benzene rings is 2. The SMILES string of the molecule is O=C(Cn1cnc2c(cnn2-c2cccc(Cl)c2)c1=O)c1ccc2c(c1)OCCO2. The van der Waals surface area contributed by atoms with Crippen LogP contribution in [0, 0.1) is 0 Å². The molecule has 1 aliphatic rings. The number of halogens is 1. The molecular weight excluding hydrogens is 408 g/mol. The van der Waals surface area contributed by atoms with Crippen molar-refractivity contribution in [2.75, 3.05) is 13.2 Å². The topological polar surface area (TPSA) is 88.2 Å². The Morgan fingerprint density at radius 1 is 1.10 bits per heavy atom. The fourth-order valence-electron chi connectivity index (χ4n) is 3.32. The summed E-state index contributed by atoms with van der Waals surface area (Å²) in [5, 5.41) is 5.12. The standard InChI is InChI=1S/C21H15ClN4O4/c22-14-2-1-3-15(9-14)26-20-16(10-24-26)21(28)25(12-23-20)11-17(27)13-4-5-18-19(8-13)30-7-6-29-18/h1-5,8-10,12H,6-7,11H2. The van der Waals surface area contributed by atoms with Crippen LogP contribution < -0.4 is 15.0 Å². The van der Waals surface area contributed by atoms with Crippen LogP contribution in [0.25, 0.3) is 16.7 Å². The lowest BCUT2D eigenvalue weighted by Gasteiger charge is -2.18. The third kappa shape index (κ3) is 3.21. The van der Waals surface area contributed by atoms with Gasteiger partial charge in [-0.3, -0.25) is 14.2 Å². The van der Waals surface area contributed by atoms with Gasteiger partial charge in [-0.2, -0.15) is 5.10 Å². The average molecular weight is 423 g/mol. The molecular formula is C21H15ClN4O4. The van der Waals surface area contributed by atoms with Gasteiger partial charge in [0, 0.05) is 10.6 Å². The molecule has 2 aromatic carbocycles. The van der Waals surface area contributed by atoms with Gasteiger partial charge in [-0.05, 0) is 36.4 Å². The summed E-state index contributed by atoms with van der Waals surface area (Å²) >= 11 is 6.05. The molecule has 0 N–H and O–H groups in total. The summed E-state index contributed by atoms with van der Waals surface area (Å²) in [6, 6.07) is 12.1. The van der Waals surface area contributed by atoms with Crippen LogP contribution in [0.15, 0.2) is 59.8 Å². The van der Waals surface area contributed by atoms with Gasteiger partial charge in [-0.25, -0.2) is 9.67 Å². The van der Waals surface area contributed by atoms with E-state index in [9.17, 15) is 9.59 Å². The molecule has 0 unspecified atom stereocenters. The van der Waals surface area contributed by atoms with E-state index in [1.54, 1.807) is 36.4 Å². The summed E-state index contributed by atoms with van der Waals surface area (Å²) in [7, 11) is 0. The maximum Gasteiger partial charge on any atom is 0.264 e. The van der Waals surface area contributed by atoms with Crippen molar-refractivity contribution in [3.05, 3.63) is 75.9 Å². The van der Waals surface area contributed by atoms with Crippen molar-refractivity contribution >= 4 is 28.4 Å². The Morgan fingerprint density at radius 2 is 1.93 bits per heavy atom. The molecule has 1 aliphatic heterocycles. The fraction of sp³-hybridized carbons (Fsp3) is 0.143. The van der Waals surface area contributed by atoms with Crippen LogP contribution in [0.2, 0.25) is 5.02 Å². The lowest BCUT2D eigenvalue weighted by atomic mass is 10.1. The number of fused-ring (bicyclic) bond motifs is 2. The number of Topliss-reactive ketones (excluding diaryl/α,β-unsaturated/α-hetero) is 1. The molecule has 0 aliphatic carbocycles. The van der Waals surface area contributed by atoms with E-state index in [4.69, 9.17) is 21.1 Å². The normalized spacial score (nSPS) is 12.8.